The van der Waals surface area contributed by atoms with Gasteiger partial charge in [-0.05, 0) is 56.1 Å². The van der Waals surface area contributed by atoms with Crippen molar-refractivity contribution in [1.29, 1.82) is 0 Å². The molecule has 0 N–H and O–H groups in total. The molecule has 0 unspecified atom stereocenters. The van der Waals surface area contributed by atoms with E-state index in [2.05, 4.69) is 20.0 Å². The van der Waals surface area contributed by atoms with Crippen molar-refractivity contribution in [2.45, 2.75) is 45.8 Å². The fourth-order valence-electron chi connectivity index (χ4n) is 4.10. The summed E-state index contributed by atoms with van der Waals surface area (Å²) in [4.78, 5) is 24.6. The van der Waals surface area contributed by atoms with Crippen LogP contribution in [0.5, 0.6) is 0 Å². The third-order valence-corrected chi connectivity index (χ3v) is 6.97. The van der Waals surface area contributed by atoms with Crippen LogP contribution in [0.15, 0.2) is 48.1 Å². The smallest absolute Gasteiger partial charge is 0.301 e. The molecule has 4 aromatic rings. The standard InChI is InChI=1S/C25H26F3N5OS/c1-4-32(5-2)16(3)8-9-21(34)17-13-20(30-23(14-17)25(26,27)28)18-15-29-33-11-10-19(31-24(18)33)22-7-6-12-35-22/h6-7,10-16H,4-5,8-9H2,1-3H3/t16-/m0/s1. The summed E-state index contributed by atoms with van der Waals surface area (Å²) in [5, 5.41) is 6.15. The highest BCUT2D eigenvalue weighted by atomic mass is 32.1. The number of thiophene rings is 1. The van der Waals surface area contributed by atoms with Gasteiger partial charge in [0.15, 0.2) is 11.4 Å². The van der Waals surface area contributed by atoms with Gasteiger partial charge >= 0.3 is 6.18 Å². The van der Waals surface area contributed by atoms with Gasteiger partial charge in [0.2, 0.25) is 0 Å². The first kappa shape index (κ1) is 25.0. The molecule has 0 amide bonds. The minimum absolute atomic E-state index is 0.0113. The Morgan fingerprint density at radius 3 is 2.57 bits per heavy atom. The number of hydrogen-bond acceptors (Lipinski definition) is 6. The lowest BCUT2D eigenvalue weighted by atomic mass is 10.0. The number of fused-ring (bicyclic) bond motifs is 1. The van der Waals surface area contributed by atoms with Gasteiger partial charge < -0.3 is 4.90 Å². The molecule has 184 valence electrons. The van der Waals surface area contributed by atoms with Gasteiger partial charge in [-0.2, -0.15) is 18.3 Å². The van der Waals surface area contributed by atoms with Gasteiger partial charge in [-0.1, -0.05) is 19.9 Å². The molecule has 0 radical (unpaired) electrons. The molecule has 0 aromatic carbocycles. The first-order valence-corrected chi connectivity index (χ1v) is 12.3. The highest BCUT2D eigenvalue weighted by Gasteiger charge is 2.34. The molecule has 10 heteroatoms. The van der Waals surface area contributed by atoms with Gasteiger partial charge in [-0.3, -0.25) is 4.79 Å². The number of halogens is 3. The minimum Gasteiger partial charge on any atom is -0.301 e. The molecule has 6 nitrogen and oxygen atoms in total. The molecule has 1 atom stereocenters. The molecule has 0 aliphatic heterocycles. The number of ketones is 1. The quantitative estimate of drug-likeness (QED) is 0.254. The first-order chi connectivity index (χ1) is 16.7. The second-order valence-corrected chi connectivity index (χ2v) is 9.22. The summed E-state index contributed by atoms with van der Waals surface area (Å²) in [6.45, 7) is 7.80. The Morgan fingerprint density at radius 2 is 1.91 bits per heavy atom. The Morgan fingerprint density at radius 1 is 1.14 bits per heavy atom. The van der Waals surface area contributed by atoms with Crippen molar-refractivity contribution in [2.75, 3.05) is 13.1 Å². The van der Waals surface area contributed by atoms with Crippen LogP contribution in [0.1, 0.15) is 49.7 Å². The van der Waals surface area contributed by atoms with Crippen molar-refractivity contribution < 1.29 is 18.0 Å². The number of alkyl halides is 3. The number of Topliss-reactive ketones (excluding diaryl/α,β-unsaturated/α-hetero) is 1. The molecule has 0 saturated carbocycles. The van der Waals surface area contributed by atoms with E-state index in [0.29, 0.717) is 23.3 Å². The van der Waals surface area contributed by atoms with E-state index in [-0.39, 0.29) is 29.5 Å². The molecule has 4 heterocycles. The van der Waals surface area contributed by atoms with E-state index in [1.54, 1.807) is 12.3 Å². The summed E-state index contributed by atoms with van der Waals surface area (Å²) in [6, 6.07) is 8.01. The van der Waals surface area contributed by atoms with Gasteiger partial charge in [-0.15, -0.1) is 11.3 Å². The van der Waals surface area contributed by atoms with Crippen molar-refractivity contribution in [2.24, 2.45) is 0 Å². The molecule has 0 spiro atoms. The molecule has 0 aliphatic rings. The van der Waals surface area contributed by atoms with Gasteiger partial charge in [0.25, 0.3) is 0 Å². The number of carbonyl (C=O) groups is 1. The maximum absolute atomic E-state index is 13.7. The number of aromatic nitrogens is 4. The normalized spacial score (nSPS) is 13.0. The molecule has 4 rings (SSSR count). The lowest BCUT2D eigenvalue weighted by Crippen LogP contribution is -2.33. The zero-order chi connectivity index (χ0) is 25.2. The highest BCUT2D eigenvalue weighted by Crippen LogP contribution is 2.33. The third kappa shape index (κ3) is 5.43. The Hall–Kier alpha value is -3.11. The van der Waals surface area contributed by atoms with E-state index in [0.717, 1.165) is 24.0 Å². The van der Waals surface area contributed by atoms with Crippen LogP contribution >= 0.6 is 11.3 Å². The minimum atomic E-state index is -4.70. The summed E-state index contributed by atoms with van der Waals surface area (Å²) < 4.78 is 42.6. The number of rotatable bonds is 9. The van der Waals surface area contributed by atoms with Crippen LogP contribution in [0.25, 0.3) is 27.5 Å². The predicted molar refractivity (Wildman–Crippen MR) is 130 cm³/mol. The summed E-state index contributed by atoms with van der Waals surface area (Å²) in [5.41, 5.74) is 0.289. The van der Waals surface area contributed by atoms with Crippen LogP contribution in [0.3, 0.4) is 0 Å². The summed E-state index contributed by atoms with van der Waals surface area (Å²) in [7, 11) is 0. The summed E-state index contributed by atoms with van der Waals surface area (Å²) in [6.07, 6.45) is -0.858. The number of nitrogens with zero attached hydrogens (tertiary/aromatic N) is 5. The lowest BCUT2D eigenvalue weighted by molar-refractivity contribution is -0.141. The zero-order valence-corrected chi connectivity index (χ0v) is 20.5. The summed E-state index contributed by atoms with van der Waals surface area (Å²) >= 11 is 1.51. The molecule has 35 heavy (non-hydrogen) atoms. The molecule has 0 fully saturated rings. The van der Waals surface area contributed by atoms with Crippen LogP contribution < -0.4 is 0 Å². The Bertz CT molecular complexity index is 1310. The van der Waals surface area contributed by atoms with Gasteiger partial charge in [-0.25, -0.2) is 14.5 Å². The molecular formula is C25H26F3N5OS. The van der Waals surface area contributed by atoms with E-state index in [4.69, 9.17) is 0 Å². The average Bonchev–Trinajstić information content (AvgIpc) is 3.52. The first-order valence-electron chi connectivity index (χ1n) is 11.5. The Balaban J connectivity index is 1.72. The molecule has 0 aliphatic carbocycles. The maximum Gasteiger partial charge on any atom is 0.433 e. The van der Waals surface area contributed by atoms with Gasteiger partial charge in [0.05, 0.1) is 28.0 Å². The zero-order valence-electron chi connectivity index (χ0n) is 19.7. The van der Waals surface area contributed by atoms with Crippen LogP contribution in [0.4, 0.5) is 13.2 Å². The van der Waals surface area contributed by atoms with E-state index < -0.39 is 11.9 Å². The second kappa shape index (κ2) is 10.2. The van der Waals surface area contributed by atoms with E-state index >= 15 is 0 Å². The van der Waals surface area contributed by atoms with Crippen LogP contribution in [-0.4, -0.2) is 49.4 Å². The lowest BCUT2D eigenvalue weighted by Gasteiger charge is -2.26. The predicted octanol–water partition coefficient (Wildman–Crippen LogP) is 6.23. The van der Waals surface area contributed by atoms with Crippen molar-refractivity contribution in [3.8, 4) is 21.8 Å². The second-order valence-electron chi connectivity index (χ2n) is 8.27. The number of hydrogen-bond donors (Lipinski definition) is 0. The third-order valence-electron chi connectivity index (χ3n) is 6.08. The Labute approximate surface area is 205 Å². The topological polar surface area (TPSA) is 63.4 Å². The van der Waals surface area contributed by atoms with E-state index in [9.17, 15) is 18.0 Å². The van der Waals surface area contributed by atoms with Crippen molar-refractivity contribution in [3.05, 3.63) is 59.4 Å². The van der Waals surface area contributed by atoms with Crippen LogP contribution in [-0.2, 0) is 6.18 Å². The van der Waals surface area contributed by atoms with Gasteiger partial charge in [0.1, 0.15) is 5.69 Å². The monoisotopic (exact) mass is 501 g/mol. The largest absolute Gasteiger partial charge is 0.433 e. The van der Waals surface area contributed by atoms with E-state index in [1.807, 2.05) is 38.3 Å². The maximum atomic E-state index is 13.7. The molecule has 4 aromatic heterocycles. The molecular weight excluding hydrogens is 475 g/mol. The van der Waals surface area contributed by atoms with Crippen molar-refractivity contribution in [1.82, 2.24) is 24.5 Å². The number of pyridine rings is 1. The molecule has 0 bridgehead atoms. The summed E-state index contributed by atoms with van der Waals surface area (Å²) in [5.74, 6) is -0.345. The fraction of sp³-hybridized carbons (Fsp3) is 0.360. The highest BCUT2D eigenvalue weighted by molar-refractivity contribution is 7.13. The van der Waals surface area contributed by atoms with Crippen molar-refractivity contribution >= 4 is 22.8 Å². The Kier molecular flexibility index (Phi) is 7.32. The SMILES string of the molecule is CCN(CC)[C@@H](C)CCC(=O)c1cc(-c2cnn3ccc(-c4cccs4)nc23)nc(C(F)(F)F)c1. The van der Waals surface area contributed by atoms with Crippen LogP contribution in [0.2, 0.25) is 0 Å². The average molecular weight is 502 g/mol. The molecule has 0 saturated heterocycles. The van der Waals surface area contributed by atoms with Crippen LogP contribution in [0, 0.1) is 0 Å². The fourth-order valence-corrected chi connectivity index (χ4v) is 4.80. The number of carbonyl (C=O) groups excluding carboxylic acids is 1. The van der Waals surface area contributed by atoms with E-state index in [1.165, 1.54) is 28.1 Å². The van der Waals surface area contributed by atoms with Crippen molar-refractivity contribution in [3.63, 3.8) is 0 Å². The van der Waals surface area contributed by atoms with Gasteiger partial charge in [0, 0.05) is 24.2 Å².